The van der Waals surface area contributed by atoms with Gasteiger partial charge in [-0.25, -0.2) is 4.57 Å². The van der Waals surface area contributed by atoms with Gasteiger partial charge in [0.1, 0.15) is 0 Å². The summed E-state index contributed by atoms with van der Waals surface area (Å²) in [6.07, 6.45) is -0.290. The van der Waals surface area contributed by atoms with E-state index in [-0.39, 0.29) is 32.8 Å². The first-order chi connectivity index (χ1) is 11.2. The maximum atomic E-state index is 12.2. The molecular formula is C12H27O10PS2. The molecular weight excluding hydrogens is 399 g/mol. The van der Waals surface area contributed by atoms with Crippen molar-refractivity contribution in [2.24, 2.45) is 5.41 Å². The van der Waals surface area contributed by atoms with Crippen molar-refractivity contribution in [1.82, 2.24) is 0 Å². The quantitative estimate of drug-likeness (QED) is 0.248. The molecule has 0 rings (SSSR count). The van der Waals surface area contributed by atoms with Crippen LogP contribution in [0.25, 0.3) is 0 Å². The van der Waals surface area contributed by atoms with E-state index in [0.717, 1.165) is 0 Å². The first kappa shape index (κ1) is 24.9. The van der Waals surface area contributed by atoms with Crippen molar-refractivity contribution >= 4 is 28.1 Å². The monoisotopic (exact) mass is 426 g/mol. The number of phosphoric acid groups is 1. The highest BCUT2D eigenvalue weighted by molar-refractivity contribution is 7.87. The number of hydrogen-bond acceptors (Lipinski definition) is 9. The Labute approximate surface area is 149 Å². The zero-order valence-corrected chi connectivity index (χ0v) is 17.4. The molecule has 1 N–H and O–H groups in total. The van der Waals surface area contributed by atoms with Crippen LogP contribution in [0.1, 0.15) is 34.1 Å². The van der Waals surface area contributed by atoms with Crippen LogP contribution in [0.4, 0.5) is 0 Å². The largest absolute Gasteiger partial charge is 0.474 e. The number of rotatable bonds is 14. The van der Waals surface area contributed by atoms with Gasteiger partial charge in [0, 0.05) is 5.41 Å². The van der Waals surface area contributed by atoms with Crippen LogP contribution in [0.15, 0.2) is 0 Å². The van der Waals surface area contributed by atoms with Gasteiger partial charge >= 0.3 is 7.82 Å². The highest BCUT2D eigenvalue weighted by Gasteiger charge is 2.31. The summed E-state index contributed by atoms with van der Waals surface area (Å²) in [6.45, 7) is 6.33. The molecule has 0 aromatic rings. The predicted octanol–water partition coefficient (Wildman–Crippen LogP) is 1.83. The standard InChI is InChI=1S/C12H27O10PS2/c1-5-19-23(13,20-6-2)21-10-12(3,4)11-22-25(17,18)9-7-8-24(14,15)16/h5-11H2,1-4H3,(H,14,15,16). The summed E-state index contributed by atoms with van der Waals surface area (Å²) in [7, 11) is -11.9. The fourth-order valence-electron chi connectivity index (χ4n) is 1.45. The molecule has 0 aromatic heterocycles. The second-order valence-corrected chi connectivity index (χ2v) is 10.9. The SMILES string of the molecule is CCOP(=O)(OCC)OCC(C)(C)COS(=O)(=O)CCCS(=O)(=O)O. The summed E-state index contributed by atoms with van der Waals surface area (Å²) in [5.41, 5.74) is -0.833. The van der Waals surface area contributed by atoms with Crippen molar-refractivity contribution in [3.63, 3.8) is 0 Å². The Balaban J connectivity index is 4.53. The topological polar surface area (TPSA) is 142 Å². The van der Waals surface area contributed by atoms with Gasteiger partial charge in [-0.3, -0.25) is 22.3 Å². The molecule has 0 saturated heterocycles. The zero-order chi connectivity index (χ0) is 19.8. The fourth-order valence-corrected chi connectivity index (χ4v) is 4.62. The van der Waals surface area contributed by atoms with Crippen LogP contribution in [-0.4, -0.2) is 59.3 Å². The Kier molecular flexibility index (Phi) is 10.3. The van der Waals surface area contributed by atoms with Gasteiger partial charge in [0.25, 0.3) is 20.2 Å². The molecule has 0 radical (unpaired) electrons. The van der Waals surface area contributed by atoms with Crippen LogP contribution < -0.4 is 0 Å². The van der Waals surface area contributed by atoms with Crippen LogP contribution in [0.5, 0.6) is 0 Å². The molecule has 0 aliphatic heterocycles. The lowest BCUT2D eigenvalue weighted by Gasteiger charge is -2.26. The van der Waals surface area contributed by atoms with Crippen molar-refractivity contribution in [3.8, 4) is 0 Å². The summed E-state index contributed by atoms with van der Waals surface area (Å²) < 4.78 is 85.3. The molecule has 10 nitrogen and oxygen atoms in total. The molecule has 0 fully saturated rings. The summed E-state index contributed by atoms with van der Waals surface area (Å²) in [5.74, 6) is -1.23. The third kappa shape index (κ3) is 12.8. The van der Waals surface area contributed by atoms with Crippen molar-refractivity contribution < 1.29 is 43.7 Å². The molecule has 13 heteroatoms. The molecule has 0 aromatic carbocycles. The van der Waals surface area contributed by atoms with Crippen molar-refractivity contribution in [3.05, 3.63) is 0 Å². The fraction of sp³-hybridized carbons (Fsp3) is 1.00. The maximum Gasteiger partial charge on any atom is 0.474 e. The van der Waals surface area contributed by atoms with Gasteiger partial charge in [-0.2, -0.15) is 16.8 Å². The first-order valence-corrected chi connectivity index (χ1v) is 12.2. The highest BCUT2D eigenvalue weighted by Crippen LogP contribution is 2.50. The maximum absolute atomic E-state index is 12.2. The van der Waals surface area contributed by atoms with Crippen molar-refractivity contribution in [2.45, 2.75) is 34.1 Å². The molecule has 25 heavy (non-hydrogen) atoms. The molecule has 0 heterocycles. The molecule has 152 valence electrons. The van der Waals surface area contributed by atoms with E-state index in [1.165, 1.54) is 0 Å². The highest BCUT2D eigenvalue weighted by atomic mass is 32.2. The third-order valence-corrected chi connectivity index (χ3v) is 6.28. The van der Waals surface area contributed by atoms with E-state index >= 15 is 0 Å². The summed E-state index contributed by atoms with van der Waals surface area (Å²) in [5, 5.41) is 0. The minimum atomic E-state index is -4.22. The second-order valence-electron chi connectivity index (χ2n) is 5.88. The number of phosphoric ester groups is 1. The molecule has 0 aliphatic rings. The molecule has 0 amide bonds. The lowest BCUT2D eigenvalue weighted by Crippen LogP contribution is -2.28. The van der Waals surface area contributed by atoms with Gasteiger partial charge in [-0.1, -0.05) is 13.8 Å². The van der Waals surface area contributed by atoms with Crippen molar-refractivity contribution in [1.29, 1.82) is 0 Å². The zero-order valence-electron chi connectivity index (χ0n) is 14.8. The second kappa shape index (κ2) is 10.3. The first-order valence-electron chi connectivity index (χ1n) is 7.60. The van der Waals surface area contributed by atoms with E-state index in [9.17, 15) is 21.4 Å². The van der Waals surface area contributed by atoms with Gasteiger partial charge in [0.05, 0.1) is 37.9 Å². The molecule has 0 atom stereocenters. The smallest absolute Gasteiger partial charge is 0.287 e. The molecule has 0 saturated carbocycles. The summed E-state index contributed by atoms with van der Waals surface area (Å²) in [6, 6.07) is 0. The van der Waals surface area contributed by atoms with Crippen LogP contribution in [0, 0.1) is 5.41 Å². The van der Waals surface area contributed by atoms with Gasteiger partial charge in [0.2, 0.25) is 0 Å². The Morgan fingerprint density at radius 3 is 1.88 bits per heavy atom. The van der Waals surface area contributed by atoms with E-state index in [1.807, 2.05) is 0 Å². The Morgan fingerprint density at radius 2 is 1.44 bits per heavy atom. The lowest BCUT2D eigenvalue weighted by atomic mass is 9.97. The van der Waals surface area contributed by atoms with Crippen LogP contribution in [0.2, 0.25) is 0 Å². The van der Waals surface area contributed by atoms with Crippen molar-refractivity contribution in [2.75, 3.05) is 37.9 Å². The van der Waals surface area contributed by atoms with Gasteiger partial charge in [-0.05, 0) is 20.3 Å². The average molecular weight is 426 g/mol. The third-order valence-electron chi connectivity index (χ3n) is 2.61. The molecule has 0 aliphatic carbocycles. The normalized spacial score (nSPS) is 14.0. The summed E-state index contributed by atoms with van der Waals surface area (Å²) >= 11 is 0. The molecule has 0 bridgehead atoms. The van der Waals surface area contributed by atoms with E-state index < -0.39 is 45.0 Å². The summed E-state index contributed by atoms with van der Waals surface area (Å²) in [4.78, 5) is 0. The van der Waals surface area contributed by atoms with E-state index in [0.29, 0.717) is 0 Å². The average Bonchev–Trinajstić information content (AvgIpc) is 2.43. The predicted molar refractivity (Wildman–Crippen MR) is 91.4 cm³/mol. The minimum Gasteiger partial charge on any atom is -0.287 e. The van der Waals surface area contributed by atoms with E-state index in [1.54, 1.807) is 27.7 Å². The lowest BCUT2D eigenvalue weighted by molar-refractivity contribution is 0.0643. The van der Waals surface area contributed by atoms with Gasteiger partial charge < -0.3 is 0 Å². The van der Waals surface area contributed by atoms with E-state index in [2.05, 4.69) is 0 Å². The number of hydrogen-bond donors (Lipinski definition) is 1. The molecule has 0 spiro atoms. The van der Waals surface area contributed by atoms with E-state index in [4.69, 9.17) is 22.3 Å². The van der Waals surface area contributed by atoms with Crippen LogP contribution in [0.3, 0.4) is 0 Å². The molecule has 0 unspecified atom stereocenters. The van der Waals surface area contributed by atoms with Gasteiger partial charge in [0.15, 0.2) is 0 Å². The van der Waals surface area contributed by atoms with Crippen LogP contribution >= 0.6 is 7.82 Å². The Morgan fingerprint density at radius 1 is 0.920 bits per heavy atom. The Hall–Kier alpha value is -0.0700. The minimum absolute atomic E-state index is 0.121. The van der Waals surface area contributed by atoms with Gasteiger partial charge in [-0.15, -0.1) is 0 Å². The Bertz CT molecular complexity index is 631. The van der Waals surface area contributed by atoms with Crippen LogP contribution in [-0.2, 0) is 42.6 Å².